The zero-order valence-electron chi connectivity index (χ0n) is 21.7. The molecule has 2 aromatic carbocycles. The van der Waals surface area contributed by atoms with E-state index in [0.717, 1.165) is 18.4 Å². The molecule has 0 radical (unpaired) electrons. The van der Waals surface area contributed by atoms with Crippen LogP contribution < -0.4 is 4.74 Å². The van der Waals surface area contributed by atoms with Crippen molar-refractivity contribution in [3.63, 3.8) is 0 Å². The highest BCUT2D eigenvalue weighted by Gasteiger charge is 2.47. The molecule has 11 heteroatoms. The van der Waals surface area contributed by atoms with E-state index in [4.69, 9.17) is 9.47 Å². The van der Waals surface area contributed by atoms with E-state index >= 15 is 0 Å². The Hall–Kier alpha value is -2.76. The first kappa shape index (κ1) is 27.8. The Morgan fingerprint density at radius 2 is 1.64 bits per heavy atom. The van der Waals surface area contributed by atoms with Gasteiger partial charge in [0.2, 0.25) is 10.0 Å². The van der Waals surface area contributed by atoms with Crippen molar-refractivity contribution in [1.29, 1.82) is 0 Å². The predicted molar refractivity (Wildman–Crippen MR) is 139 cm³/mol. The molecule has 0 aromatic heterocycles. The fourth-order valence-corrected chi connectivity index (χ4v) is 7.55. The van der Waals surface area contributed by atoms with Crippen molar-refractivity contribution in [3.8, 4) is 5.75 Å². The van der Waals surface area contributed by atoms with Crippen LogP contribution in [0, 0.1) is 17.8 Å². The summed E-state index contributed by atoms with van der Waals surface area (Å²) in [7, 11) is -3.77. The van der Waals surface area contributed by atoms with Crippen LogP contribution in [0.25, 0.3) is 0 Å². The Morgan fingerprint density at radius 1 is 1.00 bits per heavy atom. The van der Waals surface area contributed by atoms with Crippen LogP contribution in [-0.2, 0) is 26.1 Å². The summed E-state index contributed by atoms with van der Waals surface area (Å²) < 4.78 is 68.4. The molecule has 2 saturated heterocycles. The quantitative estimate of drug-likeness (QED) is 0.437. The summed E-state index contributed by atoms with van der Waals surface area (Å²) in [5, 5.41) is 0. The van der Waals surface area contributed by atoms with Gasteiger partial charge in [0.15, 0.2) is 0 Å². The number of rotatable bonds is 9. The van der Waals surface area contributed by atoms with Gasteiger partial charge >= 0.3 is 12.7 Å². The number of amides is 1. The van der Waals surface area contributed by atoms with E-state index in [-0.39, 0.29) is 41.2 Å². The van der Waals surface area contributed by atoms with Crippen LogP contribution in [0.3, 0.4) is 0 Å². The van der Waals surface area contributed by atoms with Gasteiger partial charge in [0.05, 0.1) is 4.90 Å². The van der Waals surface area contributed by atoms with Gasteiger partial charge in [0, 0.05) is 38.9 Å². The molecule has 0 spiro atoms. The molecule has 0 N–H and O–H groups in total. The molecular formula is C28H34F2N2O6S. The summed E-state index contributed by atoms with van der Waals surface area (Å²) in [5.41, 5.74) is 0.926. The van der Waals surface area contributed by atoms with E-state index in [1.165, 1.54) is 28.6 Å². The number of benzene rings is 2. The van der Waals surface area contributed by atoms with E-state index in [0.29, 0.717) is 51.6 Å². The zero-order chi connectivity index (χ0) is 27.4. The van der Waals surface area contributed by atoms with Crippen LogP contribution in [0.15, 0.2) is 59.5 Å². The molecule has 3 fully saturated rings. The van der Waals surface area contributed by atoms with Crippen LogP contribution in [0.4, 0.5) is 13.6 Å². The van der Waals surface area contributed by atoms with Crippen LogP contribution in [0.2, 0.25) is 0 Å². The number of fused-ring (bicyclic) bond motifs is 1. The minimum atomic E-state index is -3.77. The van der Waals surface area contributed by atoms with Gasteiger partial charge in [-0.15, -0.1) is 0 Å². The van der Waals surface area contributed by atoms with Gasteiger partial charge < -0.3 is 19.1 Å². The van der Waals surface area contributed by atoms with Crippen molar-refractivity contribution in [3.05, 3.63) is 60.2 Å². The minimum absolute atomic E-state index is 0.0123. The highest BCUT2D eigenvalue weighted by atomic mass is 32.2. The summed E-state index contributed by atoms with van der Waals surface area (Å²) in [6.07, 6.45) is 2.89. The van der Waals surface area contributed by atoms with Crippen molar-refractivity contribution in [2.45, 2.75) is 49.8 Å². The second-order valence-electron chi connectivity index (χ2n) is 10.6. The topological polar surface area (TPSA) is 85.4 Å². The lowest BCUT2D eigenvalue weighted by Gasteiger charge is -2.34. The van der Waals surface area contributed by atoms with Gasteiger partial charge in [0.25, 0.3) is 0 Å². The van der Waals surface area contributed by atoms with Gasteiger partial charge in [-0.3, -0.25) is 0 Å². The van der Waals surface area contributed by atoms with Crippen molar-refractivity contribution in [2.75, 3.05) is 32.8 Å². The first-order valence-corrected chi connectivity index (χ1v) is 14.8. The highest BCUT2D eigenvalue weighted by molar-refractivity contribution is 7.89. The van der Waals surface area contributed by atoms with Gasteiger partial charge in [-0.1, -0.05) is 30.3 Å². The third-order valence-electron chi connectivity index (χ3n) is 8.06. The number of nitrogens with zero attached hydrogens (tertiary/aromatic N) is 2. The monoisotopic (exact) mass is 564 g/mol. The van der Waals surface area contributed by atoms with E-state index in [9.17, 15) is 22.0 Å². The number of sulfonamides is 1. The number of carbonyl (C=O) groups is 1. The highest BCUT2D eigenvalue weighted by Crippen LogP contribution is 2.42. The van der Waals surface area contributed by atoms with Crippen molar-refractivity contribution < 1.29 is 36.2 Å². The summed E-state index contributed by atoms with van der Waals surface area (Å²) in [6.45, 7) is -0.0518. The standard InChI is InChI=1S/C28H34F2N2O6S/c29-27(30)38-25-6-8-26(9-7-25)39(34,35)31-17-22-14-24(15-23(22)18-31)32(16-20-10-12-36-13-11-20)28(33)37-19-21-4-2-1-3-5-21/h1-9,20,22-24,27H,10-19H2. The minimum Gasteiger partial charge on any atom is -0.445 e. The molecule has 2 atom stereocenters. The van der Waals surface area contributed by atoms with E-state index < -0.39 is 16.6 Å². The molecule has 2 heterocycles. The van der Waals surface area contributed by atoms with Crippen LogP contribution in [0.1, 0.15) is 31.2 Å². The zero-order valence-corrected chi connectivity index (χ0v) is 22.5. The van der Waals surface area contributed by atoms with Crippen LogP contribution in [0.5, 0.6) is 5.75 Å². The maximum absolute atomic E-state index is 13.3. The predicted octanol–water partition coefficient (Wildman–Crippen LogP) is 4.75. The molecule has 2 aliphatic heterocycles. The molecule has 8 nitrogen and oxygen atoms in total. The van der Waals surface area contributed by atoms with Gasteiger partial charge in [-0.05, 0) is 73.3 Å². The second-order valence-corrected chi connectivity index (χ2v) is 12.5. The Kier molecular flexibility index (Phi) is 8.68. The molecule has 1 saturated carbocycles. The Bertz CT molecular complexity index is 1190. The lowest BCUT2D eigenvalue weighted by Crippen LogP contribution is -2.44. The first-order chi connectivity index (χ1) is 18.8. The molecule has 2 aromatic rings. The molecule has 2 unspecified atom stereocenters. The SMILES string of the molecule is O=C(OCc1ccccc1)N(CC1CCOCC1)C1CC2CN(S(=O)(=O)c3ccc(OC(F)F)cc3)CC2C1. The molecule has 3 aliphatic rings. The van der Waals surface area contributed by atoms with E-state index in [2.05, 4.69) is 4.74 Å². The Morgan fingerprint density at radius 3 is 2.26 bits per heavy atom. The van der Waals surface area contributed by atoms with Crippen molar-refractivity contribution in [1.82, 2.24) is 9.21 Å². The molecule has 1 aliphatic carbocycles. The number of hydrogen-bond acceptors (Lipinski definition) is 6. The fraction of sp³-hybridized carbons (Fsp3) is 0.536. The summed E-state index contributed by atoms with van der Waals surface area (Å²) >= 11 is 0. The number of ether oxygens (including phenoxy) is 3. The van der Waals surface area contributed by atoms with E-state index in [1.807, 2.05) is 35.2 Å². The number of carbonyl (C=O) groups excluding carboxylic acids is 1. The molecule has 39 heavy (non-hydrogen) atoms. The molecule has 212 valence electrons. The van der Waals surface area contributed by atoms with Crippen molar-refractivity contribution >= 4 is 16.1 Å². The number of alkyl halides is 2. The van der Waals surface area contributed by atoms with Gasteiger partial charge in [-0.25, -0.2) is 13.2 Å². The molecule has 0 bridgehead atoms. The summed E-state index contributed by atoms with van der Waals surface area (Å²) in [6, 6.07) is 14.6. The fourth-order valence-electron chi connectivity index (χ4n) is 6.00. The van der Waals surface area contributed by atoms with Crippen LogP contribution in [-0.4, -0.2) is 69.2 Å². The van der Waals surface area contributed by atoms with Crippen LogP contribution >= 0.6 is 0 Å². The second kappa shape index (κ2) is 12.2. The average Bonchev–Trinajstić information content (AvgIpc) is 3.52. The van der Waals surface area contributed by atoms with Gasteiger partial charge in [0.1, 0.15) is 12.4 Å². The largest absolute Gasteiger partial charge is 0.445 e. The molecule has 1 amide bonds. The number of halogens is 2. The summed E-state index contributed by atoms with van der Waals surface area (Å²) in [4.78, 5) is 15.2. The summed E-state index contributed by atoms with van der Waals surface area (Å²) in [5.74, 6) is 0.516. The van der Waals surface area contributed by atoms with E-state index in [1.54, 1.807) is 0 Å². The maximum atomic E-state index is 13.3. The Balaban J connectivity index is 1.23. The average molecular weight is 565 g/mol. The molecular weight excluding hydrogens is 530 g/mol. The maximum Gasteiger partial charge on any atom is 0.410 e. The first-order valence-electron chi connectivity index (χ1n) is 13.4. The molecule has 5 rings (SSSR count). The smallest absolute Gasteiger partial charge is 0.410 e. The third-order valence-corrected chi connectivity index (χ3v) is 9.90. The number of hydrogen-bond donors (Lipinski definition) is 0. The van der Waals surface area contributed by atoms with Gasteiger partial charge in [-0.2, -0.15) is 13.1 Å². The third kappa shape index (κ3) is 6.70. The van der Waals surface area contributed by atoms with Crippen molar-refractivity contribution in [2.24, 2.45) is 17.8 Å². The lowest BCUT2D eigenvalue weighted by molar-refractivity contribution is -0.0498. The Labute approximate surface area is 227 Å². The lowest BCUT2D eigenvalue weighted by atomic mass is 9.98. The normalized spacial score (nSPS) is 24.0.